The van der Waals surface area contributed by atoms with Gasteiger partial charge in [0.25, 0.3) is 0 Å². The van der Waals surface area contributed by atoms with E-state index in [-0.39, 0.29) is 23.0 Å². The third kappa shape index (κ3) is 1.43. The number of hydrogen-bond acceptors (Lipinski definition) is 4. The highest BCUT2D eigenvalue weighted by Crippen LogP contribution is 2.28. The molecule has 0 spiro atoms. The van der Waals surface area contributed by atoms with Crippen LogP contribution in [0.4, 0.5) is 0 Å². The molecule has 0 saturated carbocycles. The number of ketones is 2. The molecule has 18 heavy (non-hydrogen) atoms. The lowest BCUT2D eigenvalue weighted by atomic mass is 9.88. The molecule has 0 saturated heterocycles. The van der Waals surface area contributed by atoms with Crippen molar-refractivity contribution in [2.24, 2.45) is 0 Å². The summed E-state index contributed by atoms with van der Waals surface area (Å²) in [7, 11) is 0. The summed E-state index contributed by atoms with van der Waals surface area (Å²) >= 11 is 2.10. The molecule has 1 aliphatic rings. The number of hydrogen-bond donors (Lipinski definition) is 0. The van der Waals surface area contributed by atoms with Gasteiger partial charge < -0.3 is 0 Å². The zero-order chi connectivity index (χ0) is 12.9. The Kier molecular flexibility index (Phi) is 2.51. The maximum absolute atomic E-state index is 12.4. The fourth-order valence-electron chi connectivity index (χ4n) is 2.05. The molecule has 0 bridgehead atoms. The Bertz CT molecular complexity index is 710. The third-order valence-corrected chi connectivity index (χ3v) is 4.07. The molecular formula is C13H7IN2O2. The first-order valence-corrected chi connectivity index (χ1v) is 6.38. The smallest absolute Gasteiger partial charge is 0.214 e. The second-order valence-corrected chi connectivity index (χ2v) is 5.17. The van der Waals surface area contributed by atoms with Gasteiger partial charge in [0, 0.05) is 16.0 Å². The van der Waals surface area contributed by atoms with Gasteiger partial charge in [0.2, 0.25) is 11.6 Å². The highest BCUT2D eigenvalue weighted by Gasteiger charge is 2.33. The van der Waals surface area contributed by atoms with Crippen molar-refractivity contribution in [1.29, 1.82) is 0 Å². The maximum atomic E-state index is 12.4. The van der Waals surface area contributed by atoms with Crippen LogP contribution in [0.2, 0.25) is 0 Å². The molecule has 0 atom stereocenters. The summed E-state index contributed by atoms with van der Waals surface area (Å²) in [5, 5.41) is 0. The van der Waals surface area contributed by atoms with Gasteiger partial charge in [0.1, 0.15) is 11.4 Å². The average Bonchev–Trinajstić information content (AvgIpc) is 2.39. The van der Waals surface area contributed by atoms with E-state index >= 15 is 0 Å². The van der Waals surface area contributed by atoms with Gasteiger partial charge in [0.05, 0.1) is 11.1 Å². The number of pyridine rings is 2. The van der Waals surface area contributed by atoms with Crippen molar-refractivity contribution in [2.45, 2.75) is 6.92 Å². The van der Waals surface area contributed by atoms with Crippen LogP contribution in [-0.2, 0) is 0 Å². The molecule has 0 amide bonds. The number of halogens is 1. The number of rotatable bonds is 0. The summed E-state index contributed by atoms with van der Waals surface area (Å²) in [5.74, 6) is -0.448. The molecule has 0 fully saturated rings. The quantitative estimate of drug-likeness (QED) is 0.583. The minimum Gasteiger partial charge on any atom is -0.287 e. The van der Waals surface area contributed by atoms with E-state index in [1.807, 2.05) is 6.92 Å². The first kappa shape index (κ1) is 11.5. The summed E-state index contributed by atoms with van der Waals surface area (Å²) in [5.41, 5.74) is 1.97. The fraction of sp³-hybridized carbons (Fsp3) is 0.0769. The second kappa shape index (κ2) is 3.94. The summed E-state index contributed by atoms with van der Waals surface area (Å²) in [6.07, 6.45) is 3.13. The van der Waals surface area contributed by atoms with Gasteiger partial charge in [-0.15, -0.1) is 0 Å². The lowest BCUT2D eigenvalue weighted by Gasteiger charge is -2.17. The molecule has 2 heterocycles. The SMILES string of the molecule is Cc1c(I)cnc2c1C(=O)c1ncccc1C2=O. The van der Waals surface area contributed by atoms with Crippen molar-refractivity contribution in [2.75, 3.05) is 0 Å². The predicted molar refractivity (Wildman–Crippen MR) is 72.8 cm³/mol. The molecule has 0 aromatic carbocycles. The Morgan fingerprint density at radius 3 is 2.67 bits per heavy atom. The van der Waals surface area contributed by atoms with E-state index in [0.29, 0.717) is 11.1 Å². The van der Waals surface area contributed by atoms with Gasteiger partial charge in [-0.2, -0.15) is 0 Å². The largest absolute Gasteiger partial charge is 0.287 e. The van der Waals surface area contributed by atoms with E-state index < -0.39 is 0 Å². The van der Waals surface area contributed by atoms with E-state index in [2.05, 4.69) is 32.6 Å². The highest BCUT2D eigenvalue weighted by molar-refractivity contribution is 14.1. The summed E-state index contributed by atoms with van der Waals surface area (Å²) in [6.45, 7) is 1.82. The van der Waals surface area contributed by atoms with Gasteiger partial charge in [-0.3, -0.25) is 19.6 Å². The summed E-state index contributed by atoms with van der Waals surface area (Å²) < 4.78 is 0.867. The van der Waals surface area contributed by atoms with Gasteiger partial charge in [0.15, 0.2) is 0 Å². The molecule has 88 valence electrons. The molecule has 2 aromatic heterocycles. The van der Waals surface area contributed by atoms with Crippen molar-refractivity contribution in [3.63, 3.8) is 0 Å². The first-order chi connectivity index (χ1) is 8.61. The molecule has 4 nitrogen and oxygen atoms in total. The van der Waals surface area contributed by atoms with Crippen molar-refractivity contribution in [3.05, 3.63) is 56.2 Å². The molecule has 0 N–H and O–H groups in total. The van der Waals surface area contributed by atoms with Crippen LogP contribution in [-0.4, -0.2) is 21.5 Å². The molecule has 1 aliphatic carbocycles. The van der Waals surface area contributed by atoms with E-state index in [4.69, 9.17) is 0 Å². The molecule has 0 aliphatic heterocycles. The van der Waals surface area contributed by atoms with Crippen LogP contribution in [0, 0.1) is 10.5 Å². The van der Waals surface area contributed by atoms with Crippen LogP contribution >= 0.6 is 22.6 Å². The highest BCUT2D eigenvalue weighted by atomic mass is 127. The first-order valence-electron chi connectivity index (χ1n) is 5.30. The van der Waals surface area contributed by atoms with E-state index in [1.165, 1.54) is 6.20 Å². The van der Waals surface area contributed by atoms with E-state index in [0.717, 1.165) is 9.13 Å². The lowest BCUT2D eigenvalue weighted by Crippen LogP contribution is -2.25. The van der Waals surface area contributed by atoms with Crippen molar-refractivity contribution >= 4 is 34.2 Å². The summed E-state index contributed by atoms with van der Waals surface area (Å²) in [4.78, 5) is 32.8. The van der Waals surface area contributed by atoms with Crippen LogP contribution in [0.3, 0.4) is 0 Å². The van der Waals surface area contributed by atoms with Crippen LogP contribution in [0.15, 0.2) is 24.5 Å². The lowest BCUT2D eigenvalue weighted by molar-refractivity contribution is 0.0971. The Hall–Kier alpha value is -1.63. The molecular weight excluding hydrogens is 343 g/mol. The van der Waals surface area contributed by atoms with Crippen molar-refractivity contribution in [3.8, 4) is 0 Å². The normalized spacial score (nSPS) is 13.2. The average molecular weight is 350 g/mol. The van der Waals surface area contributed by atoms with E-state index in [9.17, 15) is 9.59 Å². The van der Waals surface area contributed by atoms with Gasteiger partial charge in [-0.1, -0.05) is 0 Å². The molecule has 5 heteroatoms. The zero-order valence-electron chi connectivity index (χ0n) is 9.40. The zero-order valence-corrected chi connectivity index (χ0v) is 11.6. The fourth-order valence-corrected chi connectivity index (χ4v) is 2.45. The van der Waals surface area contributed by atoms with Crippen LogP contribution < -0.4 is 0 Å². The molecule has 0 unspecified atom stereocenters. The Labute approximate surface area is 117 Å². The monoisotopic (exact) mass is 350 g/mol. The number of fused-ring (bicyclic) bond motifs is 2. The number of aromatic nitrogens is 2. The van der Waals surface area contributed by atoms with E-state index in [1.54, 1.807) is 18.3 Å². The van der Waals surface area contributed by atoms with Crippen molar-refractivity contribution in [1.82, 2.24) is 9.97 Å². The molecule has 0 radical (unpaired) electrons. The summed E-state index contributed by atoms with van der Waals surface area (Å²) in [6, 6.07) is 3.26. The van der Waals surface area contributed by atoms with Gasteiger partial charge in [-0.05, 0) is 47.2 Å². The van der Waals surface area contributed by atoms with Crippen LogP contribution in [0.1, 0.15) is 37.7 Å². The number of nitrogens with zero attached hydrogens (tertiary/aromatic N) is 2. The predicted octanol–water partition coefficient (Wildman–Crippen LogP) is 2.17. The standard InChI is InChI=1S/C13H7IN2O2/c1-6-8(14)5-16-11-9(6)13(18)10-7(12(11)17)3-2-4-15-10/h2-5H,1H3. The minimum atomic E-state index is -0.229. The maximum Gasteiger partial charge on any atom is 0.214 e. The van der Waals surface area contributed by atoms with Crippen LogP contribution in [0.5, 0.6) is 0 Å². The number of carbonyl (C=O) groups is 2. The topological polar surface area (TPSA) is 59.9 Å². The Morgan fingerprint density at radius 2 is 1.89 bits per heavy atom. The van der Waals surface area contributed by atoms with Crippen molar-refractivity contribution < 1.29 is 9.59 Å². The number of carbonyl (C=O) groups excluding carboxylic acids is 2. The minimum absolute atomic E-state index is 0.219. The van der Waals surface area contributed by atoms with Crippen LogP contribution in [0.25, 0.3) is 0 Å². The van der Waals surface area contributed by atoms with Gasteiger partial charge in [-0.25, -0.2) is 0 Å². The Balaban J connectivity index is 2.38. The second-order valence-electron chi connectivity index (χ2n) is 4.01. The molecule has 2 aromatic rings. The Morgan fingerprint density at radius 1 is 1.11 bits per heavy atom. The van der Waals surface area contributed by atoms with Gasteiger partial charge >= 0.3 is 0 Å². The molecule has 3 rings (SSSR count). The third-order valence-electron chi connectivity index (χ3n) is 2.99.